The molecule has 1 heterocycles. The van der Waals surface area contributed by atoms with E-state index in [2.05, 4.69) is 20.9 Å². The molecule has 2 aromatic carbocycles. The lowest BCUT2D eigenvalue weighted by atomic mass is 10.2. The Bertz CT molecular complexity index is 974. The predicted octanol–water partition coefficient (Wildman–Crippen LogP) is 3.68. The number of nitrogens with zero attached hydrogens (tertiary/aromatic N) is 1. The number of guanidine groups is 1. The zero-order valence-corrected chi connectivity index (χ0v) is 18.2. The third-order valence-corrected chi connectivity index (χ3v) is 4.86. The first-order valence-corrected chi connectivity index (χ1v) is 10.3. The van der Waals surface area contributed by atoms with Crippen LogP contribution in [0.15, 0.2) is 47.5 Å². The smallest absolute Gasteiger partial charge is 0.258 e. The lowest BCUT2D eigenvalue weighted by molar-refractivity contribution is -0.114. The Kier molecular flexibility index (Phi) is 7.86. The summed E-state index contributed by atoms with van der Waals surface area (Å²) in [4.78, 5) is 28.6. The Balaban J connectivity index is 1.77. The number of hydrogen-bond acceptors (Lipinski definition) is 5. The second kappa shape index (κ2) is 10.8. The van der Waals surface area contributed by atoms with Crippen LogP contribution in [0, 0.1) is 0 Å². The van der Waals surface area contributed by atoms with E-state index in [1.165, 1.54) is 14.0 Å². The zero-order chi connectivity index (χ0) is 22.2. The lowest BCUT2D eigenvalue weighted by Gasteiger charge is -2.14. The molecule has 9 heteroatoms. The summed E-state index contributed by atoms with van der Waals surface area (Å²) in [5, 5.41) is 8.98. The molecule has 1 aliphatic heterocycles. The lowest BCUT2D eigenvalue weighted by Crippen LogP contribution is -2.36. The summed E-state index contributed by atoms with van der Waals surface area (Å²) >= 11 is 6.21. The summed E-state index contributed by atoms with van der Waals surface area (Å²) < 4.78 is 10.8. The fourth-order valence-corrected chi connectivity index (χ4v) is 3.35. The van der Waals surface area contributed by atoms with Crippen molar-refractivity contribution in [2.24, 2.45) is 4.99 Å². The van der Waals surface area contributed by atoms with E-state index in [1.807, 2.05) is 0 Å². The van der Waals surface area contributed by atoms with Gasteiger partial charge in [0.1, 0.15) is 5.75 Å². The first kappa shape index (κ1) is 22.6. The number of ether oxygens (including phenoxy) is 2. The van der Waals surface area contributed by atoms with Crippen molar-refractivity contribution in [3.05, 3.63) is 53.1 Å². The second-order valence-electron chi connectivity index (χ2n) is 7.01. The van der Waals surface area contributed by atoms with Gasteiger partial charge in [-0.25, -0.2) is 4.99 Å². The van der Waals surface area contributed by atoms with E-state index in [0.717, 1.165) is 19.4 Å². The number of halogens is 1. The van der Waals surface area contributed by atoms with Crippen molar-refractivity contribution < 1.29 is 19.1 Å². The van der Waals surface area contributed by atoms with E-state index in [-0.39, 0.29) is 23.9 Å². The van der Waals surface area contributed by atoms with Crippen LogP contribution in [0.5, 0.6) is 5.75 Å². The maximum Gasteiger partial charge on any atom is 0.258 e. The molecule has 164 valence electrons. The van der Waals surface area contributed by atoms with Gasteiger partial charge in [-0.15, -0.1) is 0 Å². The second-order valence-corrected chi connectivity index (χ2v) is 7.42. The molecule has 0 bridgehead atoms. The van der Waals surface area contributed by atoms with Crippen LogP contribution in [-0.2, 0) is 9.53 Å². The number of hydrogen-bond donors (Lipinski definition) is 3. The number of rotatable bonds is 6. The molecule has 0 aromatic heterocycles. The number of nitrogens with one attached hydrogen (secondary N) is 3. The summed E-state index contributed by atoms with van der Waals surface area (Å²) in [5.74, 6) is 0.232. The molecule has 0 radical (unpaired) electrons. The van der Waals surface area contributed by atoms with E-state index in [9.17, 15) is 9.59 Å². The summed E-state index contributed by atoms with van der Waals surface area (Å²) in [6.45, 7) is 2.55. The highest BCUT2D eigenvalue weighted by Gasteiger charge is 2.16. The molecule has 0 saturated carbocycles. The number of benzene rings is 2. The van der Waals surface area contributed by atoms with Crippen molar-refractivity contribution in [2.75, 3.05) is 30.9 Å². The van der Waals surface area contributed by atoms with Crippen molar-refractivity contribution in [2.45, 2.75) is 25.9 Å². The third-order valence-electron chi connectivity index (χ3n) is 4.57. The number of methoxy groups -OCH3 is 1. The molecule has 8 nitrogen and oxygen atoms in total. The standard InChI is InChI=1S/C22H25ClN4O4/c1-14(28)25-16-6-3-5-15(11-16)21(29)27-22(24-13-18-7-4-10-31-18)26-17-8-9-20(30-2)19(23)12-17/h3,5-6,8-9,11-12,18H,4,7,10,13H2,1-2H3,(H,25,28)(H2,24,26,27,29). The molecule has 1 unspecified atom stereocenters. The van der Waals surface area contributed by atoms with Gasteiger partial charge < -0.3 is 20.1 Å². The third kappa shape index (κ3) is 6.70. The summed E-state index contributed by atoms with van der Waals surface area (Å²) in [6.07, 6.45) is 1.95. The molecule has 3 rings (SSSR count). The van der Waals surface area contributed by atoms with Crippen LogP contribution in [0.4, 0.5) is 11.4 Å². The maximum absolute atomic E-state index is 12.8. The summed E-state index contributed by atoms with van der Waals surface area (Å²) in [6, 6.07) is 11.8. The SMILES string of the molecule is COc1ccc(NC(=NCC2CCCO2)NC(=O)c2cccc(NC(C)=O)c2)cc1Cl. The largest absolute Gasteiger partial charge is 0.495 e. The van der Waals surface area contributed by atoms with Crippen LogP contribution < -0.4 is 20.7 Å². The molecule has 2 aromatic rings. The van der Waals surface area contributed by atoms with E-state index >= 15 is 0 Å². The maximum atomic E-state index is 12.8. The molecule has 1 saturated heterocycles. The van der Waals surface area contributed by atoms with Gasteiger partial charge in [0, 0.05) is 30.5 Å². The van der Waals surface area contributed by atoms with Gasteiger partial charge in [-0.3, -0.25) is 14.9 Å². The molecule has 31 heavy (non-hydrogen) atoms. The zero-order valence-electron chi connectivity index (χ0n) is 17.4. The molecule has 0 spiro atoms. The minimum absolute atomic E-state index is 0.0243. The number of aliphatic imine (C=N–C) groups is 1. The minimum atomic E-state index is -0.370. The number of carbonyl (C=O) groups is 2. The van der Waals surface area contributed by atoms with Crippen LogP contribution in [0.25, 0.3) is 0 Å². The van der Waals surface area contributed by atoms with E-state index < -0.39 is 0 Å². The number of amides is 2. The number of anilines is 2. The number of carbonyl (C=O) groups excluding carboxylic acids is 2. The topological polar surface area (TPSA) is 101 Å². The van der Waals surface area contributed by atoms with Crippen molar-refractivity contribution >= 4 is 40.7 Å². The highest BCUT2D eigenvalue weighted by Crippen LogP contribution is 2.27. The molecular weight excluding hydrogens is 420 g/mol. The van der Waals surface area contributed by atoms with Crippen molar-refractivity contribution in [3.63, 3.8) is 0 Å². The van der Waals surface area contributed by atoms with Crippen LogP contribution in [-0.4, -0.2) is 44.1 Å². The monoisotopic (exact) mass is 444 g/mol. The van der Waals surface area contributed by atoms with Crippen LogP contribution in [0.1, 0.15) is 30.1 Å². The van der Waals surface area contributed by atoms with Gasteiger partial charge in [0.2, 0.25) is 11.9 Å². The summed E-state index contributed by atoms with van der Waals surface area (Å²) in [7, 11) is 1.54. The van der Waals surface area contributed by atoms with Gasteiger partial charge in [-0.1, -0.05) is 17.7 Å². The molecule has 1 aliphatic rings. The van der Waals surface area contributed by atoms with Gasteiger partial charge in [0.15, 0.2) is 0 Å². The highest BCUT2D eigenvalue weighted by atomic mass is 35.5. The Morgan fingerprint density at radius 2 is 2.00 bits per heavy atom. The van der Waals surface area contributed by atoms with E-state index in [1.54, 1.807) is 42.5 Å². The predicted molar refractivity (Wildman–Crippen MR) is 121 cm³/mol. The summed E-state index contributed by atoms with van der Waals surface area (Å²) in [5.41, 5.74) is 1.56. The Hall–Kier alpha value is -3.10. The Morgan fingerprint density at radius 1 is 1.19 bits per heavy atom. The van der Waals surface area contributed by atoms with Gasteiger partial charge in [-0.05, 0) is 49.2 Å². The van der Waals surface area contributed by atoms with E-state index in [4.69, 9.17) is 21.1 Å². The van der Waals surface area contributed by atoms with Gasteiger partial charge in [0.05, 0.1) is 24.8 Å². The Morgan fingerprint density at radius 3 is 2.68 bits per heavy atom. The minimum Gasteiger partial charge on any atom is -0.495 e. The molecule has 1 atom stereocenters. The van der Waals surface area contributed by atoms with Crippen LogP contribution in [0.3, 0.4) is 0 Å². The fourth-order valence-electron chi connectivity index (χ4n) is 3.09. The molecule has 1 fully saturated rings. The van der Waals surface area contributed by atoms with Crippen molar-refractivity contribution in [3.8, 4) is 5.75 Å². The van der Waals surface area contributed by atoms with Crippen LogP contribution in [0.2, 0.25) is 5.02 Å². The molecular formula is C22H25ClN4O4. The first-order valence-electron chi connectivity index (χ1n) is 9.90. The highest BCUT2D eigenvalue weighted by molar-refractivity contribution is 6.32. The normalized spacial score (nSPS) is 16.0. The average molecular weight is 445 g/mol. The average Bonchev–Trinajstić information content (AvgIpc) is 3.25. The van der Waals surface area contributed by atoms with Gasteiger partial charge in [0.25, 0.3) is 5.91 Å². The fraction of sp³-hybridized carbons (Fsp3) is 0.318. The first-order chi connectivity index (χ1) is 14.9. The quantitative estimate of drug-likeness (QED) is 0.466. The van der Waals surface area contributed by atoms with Gasteiger partial charge >= 0.3 is 0 Å². The Labute approximate surface area is 186 Å². The molecule has 0 aliphatic carbocycles. The van der Waals surface area contributed by atoms with Crippen molar-refractivity contribution in [1.29, 1.82) is 0 Å². The molecule has 3 N–H and O–H groups in total. The van der Waals surface area contributed by atoms with E-state index in [0.29, 0.717) is 34.3 Å². The molecule has 2 amide bonds. The van der Waals surface area contributed by atoms with Crippen LogP contribution >= 0.6 is 11.6 Å². The van der Waals surface area contributed by atoms with Gasteiger partial charge in [-0.2, -0.15) is 0 Å². The van der Waals surface area contributed by atoms with Crippen molar-refractivity contribution in [1.82, 2.24) is 5.32 Å².